The van der Waals surface area contributed by atoms with Gasteiger partial charge in [-0.1, -0.05) is 35.3 Å². The van der Waals surface area contributed by atoms with Crippen molar-refractivity contribution in [2.24, 2.45) is 4.99 Å². The molecular formula is C19H16Cl2N4O3. The highest BCUT2D eigenvalue weighted by Crippen LogP contribution is 2.47. The van der Waals surface area contributed by atoms with E-state index in [-0.39, 0.29) is 13.0 Å². The van der Waals surface area contributed by atoms with E-state index in [1.807, 2.05) is 13.0 Å². The van der Waals surface area contributed by atoms with Crippen LogP contribution in [0.1, 0.15) is 43.6 Å². The molecule has 0 saturated carbocycles. The van der Waals surface area contributed by atoms with Gasteiger partial charge in [-0.2, -0.15) is 5.26 Å². The summed E-state index contributed by atoms with van der Waals surface area (Å²) < 4.78 is 10.7. The zero-order chi connectivity index (χ0) is 20.3. The molecule has 0 N–H and O–H groups in total. The molecule has 28 heavy (non-hydrogen) atoms. The van der Waals surface area contributed by atoms with Gasteiger partial charge in [0.1, 0.15) is 6.61 Å². The summed E-state index contributed by atoms with van der Waals surface area (Å²) in [5.74, 6) is -1.37. The van der Waals surface area contributed by atoms with Gasteiger partial charge in [0.2, 0.25) is 12.3 Å². The second-order valence-corrected chi connectivity index (χ2v) is 6.96. The van der Waals surface area contributed by atoms with Crippen molar-refractivity contribution in [2.45, 2.75) is 32.1 Å². The van der Waals surface area contributed by atoms with Crippen LogP contribution in [0.5, 0.6) is 0 Å². The van der Waals surface area contributed by atoms with Gasteiger partial charge < -0.3 is 9.15 Å². The van der Waals surface area contributed by atoms with E-state index in [2.05, 4.69) is 15.2 Å². The number of nitrogens with zero attached hydrogens (tertiary/aromatic N) is 4. The lowest BCUT2D eigenvalue weighted by Gasteiger charge is -2.31. The first-order valence-electron chi connectivity index (χ1n) is 8.45. The zero-order valence-electron chi connectivity index (χ0n) is 15.1. The van der Waals surface area contributed by atoms with Crippen molar-refractivity contribution >= 4 is 34.9 Å². The monoisotopic (exact) mass is 418 g/mol. The molecule has 0 radical (unpaired) electrons. The number of carbonyl (C=O) groups is 1. The Kier molecular flexibility index (Phi) is 6.12. The molecular weight excluding hydrogens is 403 g/mol. The fourth-order valence-electron chi connectivity index (χ4n) is 3.30. The van der Waals surface area contributed by atoms with Crippen LogP contribution in [0.2, 0.25) is 10.0 Å². The van der Waals surface area contributed by atoms with E-state index in [1.165, 1.54) is 6.39 Å². The van der Waals surface area contributed by atoms with E-state index in [9.17, 15) is 4.79 Å². The van der Waals surface area contributed by atoms with Crippen molar-refractivity contribution in [3.63, 3.8) is 0 Å². The van der Waals surface area contributed by atoms with Gasteiger partial charge in [-0.3, -0.25) is 4.99 Å². The molecule has 2 heterocycles. The number of hydrogen-bond acceptors (Lipinski definition) is 7. The van der Waals surface area contributed by atoms with Crippen LogP contribution >= 0.6 is 23.2 Å². The highest BCUT2D eigenvalue weighted by atomic mass is 35.5. The predicted octanol–water partition coefficient (Wildman–Crippen LogP) is 4.45. The number of aliphatic imine (C=N–C) groups is 1. The van der Waals surface area contributed by atoms with Gasteiger partial charge in [0.15, 0.2) is 0 Å². The summed E-state index contributed by atoms with van der Waals surface area (Å²) in [5, 5.41) is 17.2. The van der Waals surface area contributed by atoms with Gasteiger partial charge in [0, 0.05) is 17.3 Å². The van der Waals surface area contributed by atoms with Crippen molar-refractivity contribution in [3.05, 3.63) is 57.4 Å². The van der Waals surface area contributed by atoms with Crippen LogP contribution in [-0.4, -0.2) is 28.5 Å². The van der Waals surface area contributed by atoms with Gasteiger partial charge >= 0.3 is 5.97 Å². The SMILES string of the molecule is CC1=NC(C)=C(C(=O)OCCC#N)C(c2cccc(Cl)c2Cl)C1c1nnco1. The lowest BCUT2D eigenvalue weighted by molar-refractivity contribution is -0.139. The number of nitriles is 1. The van der Waals surface area contributed by atoms with Crippen molar-refractivity contribution in [3.8, 4) is 6.07 Å². The van der Waals surface area contributed by atoms with Crippen molar-refractivity contribution in [1.82, 2.24) is 10.2 Å². The van der Waals surface area contributed by atoms with Gasteiger partial charge in [-0.25, -0.2) is 4.79 Å². The minimum absolute atomic E-state index is 0.0178. The van der Waals surface area contributed by atoms with Crippen LogP contribution in [-0.2, 0) is 9.53 Å². The van der Waals surface area contributed by atoms with Gasteiger partial charge in [-0.05, 0) is 25.5 Å². The molecule has 0 amide bonds. The second kappa shape index (κ2) is 8.55. The van der Waals surface area contributed by atoms with E-state index < -0.39 is 17.8 Å². The Bertz CT molecular complexity index is 993. The van der Waals surface area contributed by atoms with Crippen molar-refractivity contribution < 1.29 is 13.9 Å². The number of carbonyl (C=O) groups excluding carboxylic acids is 1. The highest BCUT2D eigenvalue weighted by Gasteiger charge is 2.42. The Morgan fingerprint density at radius 1 is 1.32 bits per heavy atom. The standard InChI is InChI=1S/C19H16Cl2N4O3/c1-10-14(18-25-23-9-28-18)16(12-5-3-6-13(20)17(12)21)15(11(2)24-10)19(26)27-8-4-7-22/h3,5-6,9,14,16H,4,8H2,1-2H3. The Hall–Kier alpha value is -2.69. The molecule has 0 saturated heterocycles. The van der Waals surface area contributed by atoms with E-state index in [0.29, 0.717) is 38.5 Å². The first-order valence-corrected chi connectivity index (χ1v) is 9.21. The first-order chi connectivity index (χ1) is 13.5. The molecule has 9 heteroatoms. The van der Waals surface area contributed by atoms with Crippen molar-refractivity contribution in [2.75, 3.05) is 6.61 Å². The molecule has 2 unspecified atom stereocenters. The molecule has 2 atom stereocenters. The van der Waals surface area contributed by atoms with Gasteiger partial charge in [-0.15, -0.1) is 10.2 Å². The van der Waals surface area contributed by atoms with Crippen LogP contribution in [0.25, 0.3) is 0 Å². The molecule has 0 aliphatic carbocycles. The third-order valence-electron chi connectivity index (χ3n) is 4.45. The lowest BCUT2D eigenvalue weighted by atomic mass is 9.75. The van der Waals surface area contributed by atoms with E-state index in [4.69, 9.17) is 37.6 Å². The molecule has 1 aromatic carbocycles. The van der Waals surface area contributed by atoms with Gasteiger partial charge in [0.05, 0.1) is 34.0 Å². The molecule has 7 nitrogen and oxygen atoms in total. The van der Waals surface area contributed by atoms with Crippen LogP contribution in [0.15, 0.2) is 45.3 Å². The van der Waals surface area contributed by atoms with Crippen LogP contribution in [0, 0.1) is 11.3 Å². The fraction of sp³-hybridized carbons (Fsp3) is 0.316. The molecule has 1 aromatic heterocycles. The Morgan fingerprint density at radius 3 is 2.79 bits per heavy atom. The molecule has 1 aliphatic heterocycles. The lowest BCUT2D eigenvalue weighted by Crippen LogP contribution is -2.29. The highest BCUT2D eigenvalue weighted by molar-refractivity contribution is 6.42. The third kappa shape index (κ3) is 3.79. The maximum Gasteiger partial charge on any atom is 0.336 e. The van der Waals surface area contributed by atoms with Gasteiger partial charge in [0.25, 0.3) is 0 Å². The maximum atomic E-state index is 12.9. The van der Waals surface area contributed by atoms with Crippen molar-refractivity contribution in [1.29, 1.82) is 5.26 Å². The Labute approximate surface area is 171 Å². The normalized spacial score (nSPS) is 19.2. The summed E-state index contributed by atoms with van der Waals surface area (Å²) >= 11 is 12.7. The number of halogens is 2. The minimum Gasteiger partial charge on any atom is -0.461 e. The zero-order valence-corrected chi connectivity index (χ0v) is 16.7. The van der Waals surface area contributed by atoms with Crippen LogP contribution < -0.4 is 0 Å². The van der Waals surface area contributed by atoms with E-state index in [0.717, 1.165) is 0 Å². The topological polar surface area (TPSA) is 101 Å². The molecule has 0 spiro atoms. The summed E-state index contributed by atoms with van der Waals surface area (Å²) in [6.45, 7) is 3.53. The summed E-state index contributed by atoms with van der Waals surface area (Å²) in [4.78, 5) is 17.4. The Balaban J connectivity index is 2.16. The molecule has 1 aliphatic rings. The largest absolute Gasteiger partial charge is 0.461 e. The number of esters is 1. The predicted molar refractivity (Wildman–Crippen MR) is 103 cm³/mol. The van der Waals surface area contributed by atoms with Crippen LogP contribution in [0.3, 0.4) is 0 Å². The average molecular weight is 419 g/mol. The first kappa shape index (κ1) is 20.1. The van der Waals surface area contributed by atoms with E-state index >= 15 is 0 Å². The smallest absolute Gasteiger partial charge is 0.336 e. The third-order valence-corrected chi connectivity index (χ3v) is 5.29. The minimum atomic E-state index is -0.585. The summed E-state index contributed by atoms with van der Waals surface area (Å²) in [6, 6.07) is 7.15. The van der Waals surface area contributed by atoms with E-state index in [1.54, 1.807) is 25.1 Å². The number of aromatic nitrogens is 2. The fourth-order valence-corrected chi connectivity index (χ4v) is 3.73. The molecule has 0 fully saturated rings. The number of allylic oxidation sites excluding steroid dienone is 1. The summed E-state index contributed by atoms with van der Waals surface area (Å²) in [7, 11) is 0. The summed E-state index contributed by atoms with van der Waals surface area (Å²) in [5.41, 5.74) is 2.13. The second-order valence-electron chi connectivity index (χ2n) is 6.17. The molecule has 144 valence electrons. The molecule has 2 aromatic rings. The van der Waals surface area contributed by atoms with Crippen LogP contribution in [0.4, 0.5) is 0 Å². The molecule has 3 rings (SSSR count). The maximum absolute atomic E-state index is 12.9. The number of rotatable bonds is 5. The summed E-state index contributed by atoms with van der Waals surface area (Å²) in [6.07, 6.45) is 1.31. The Morgan fingerprint density at radius 2 is 2.11 bits per heavy atom. The number of hydrogen-bond donors (Lipinski definition) is 0. The average Bonchev–Trinajstić information content (AvgIpc) is 3.17. The number of benzene rings is 1. The quantitative estimate of drug-likeness (QED) is 0.524. The molecule has 0 bridgehead atoms. The number of ether oxygens (including phenoxy) is 1.